The van der Waals surface area contributed by atoms with Crippen molar-refractivity contribution in [2.24, 2.45) is 5.73 Å². The molecule has 0 aliphatic rings. The molecular weight excluding hydrogens is 186 g/mol. The van der Waals surface area contributed by atoms with Crippen LogP contribution in [0.2, 0.25) is 0 Å². The molecule has 2 N–H and O–H groups in total. The molecule has 3 heteroatoms. The second-order valence-corrected chi connectivity index (χ2v) is 2.97. The van der Waals surface area contributed by atoms with Gasteiger partial charge in [0.15, 0.2) is 5.78 Å². The maximum atomic E-state index is 10.9. The van der Waals surface area contributed by atoms with Crippen LogP contribution in [0.15, 0.2) is 24.3 Å². The van der Waals surface area contributed by atoms with E-state index in [1.54, 1.807) is 19.1 Å². The number of hydrogen-bond acceptors (Lipinski definition) is 2. The second-order valence-electron chi connectivity index (χ2n) is 2.97. The van der Waals surface area contributed by atoms with Crippen molar-refractivity contribution in [3.8, 4) is 0 Å². The van der Waals surface area contributed by atoms with Gasteiger partial charge in [0.2, 0.25) is 0 Å². The fourth-order valence-corrected chi connectivity index (χ4v) is 1.02. The minimum atomic E-state index is 0. The number of halogens is 1. The van der Waals surface area contributed by atoms with Gasteiger partial charge in [0.05, 0.1) is 0 Å². The van der Waals surface area contributed by atoms with Gasteiger partial charge in [-0.05, 0) is 19.4 Å². The molecular formula is C10H14ClNO. The average molecular weight is 200 g/mol. The SMILES string of the molecule is CC(=O)c1ccc([C@H](C)N)cc1.Cl. The van der Waals surface area contributed by atoms with Crippen LogP contribution in [0.3, 0.4) is 0 Å². The molecule has 0 amide bonds. The van der Waals surface area contributed by atoms with Crippen LogP contribution in [-0.4, -0.2) is 5.78 Å². The van der Waals surface area contributed by atoms with E-state index in [-0.39, 0.29) is 24.2 Å². The van der Waals surface area contributed by atoms with E-state index in [1.807, 2.05) is 19.1 Å². The van der Waals surface area contributed by atoms with E-state index < -0.39 is 0 Å². The molecule has 2 nitrogen and oxygen atoms in total. The Morgan fingerprint density at radius 2 is 1.77 bits per heavy atom. The van der Waals surface area contributed by atoms with Gasteiger partial charge in [0.1, 0.15) is 0 Å². The van der Waals surface area contributed by atoms with Crippen LogP contribution in [-0.2, 0) is 0 Å². The van der Waals surface area contributed by atoms with Crippen molar-refractivity contribution in [3.63, 3.8) is 0 Å². The highest BCUT2D eigenvalue weighted by atomic mass is 35.5. The highest BCUT2D eigenvalue weighted by molar-refractivity contribution is 5.94. The zero-order chi connectivity index (χ0) is 9.14. The molecule has 1 aromatic rings. The van der Waals surface area contributed by atoms with Crippen molar-refractivity contribution >= 4 is 18.2 Å². The lowest BCUT2D eigenvalue weighted by molar-refractivity contribution is 0.101. The van der Waals surface area contributed by atoms with Crippen LogP contribution in [0.1, 0.15) is 35.8 Å². The minimum absolute atomic E-state index is 0. The zero-order valence-corrected chi connectivity index (χ0v) is 8.60. The number of hydrogen-bond donors (Lipinski definition) is 1. The van der Waals surface area contributed by atoms with E-state index in [0.29, 0.717) is 0 Å². The third-order valence-electron chi connectivity index (χ3n) is 1.84. The topological polar surface area (TPSA) is 43.1 Å². The Balaban J connectivity index is 0.00000144. The first kappa shape index (κ1) is 12.1. The smallest absolute Gasteiger partial charge is 0.159 e. The fourth-order valence-electron chi connectivity index (χ4n) is 1.02. The largest absolute Gasteiger partial charge is 0.324 e. The van der Waals surface area contributed by atoms with Crippen LogP contribution >= 0.6 is 12.4 Å². The Morgan fingerprint density at radius 1 is 1.31 bits per heavy atom. The van der Waals surface area contributed by atoms with E-state index in [9.17, 15) is 4.79 Å². The number of carbonyl (C=O) groups excluding carboxylic acids is 1. The number of benzene rings is 1. The summed E-state index contributed by atoms with van der Waals surface area (Å²) in [4.78, 5) is 10.9. The molecule has 72 valence electrons. The van der Waals surface area contributed by atoms with Crippen molar-refractivity contribution in [3.05, 3.63) is 35.4 Å². The molecule has 13 heavy (non-hydrogen) atoms. The summed E-state index contributed by atoms with van der Waals surface area (Å²) in [7, 11) is 0. The predicted molar refractivity (Wildman–Crippen MR) is 56.3 cm³/mol. The summed E-state index contributed by atoms with van der Waals surface area (Å²) in [5.74, 6) is 0.0891. The minimum Gasteiger partial charge on any atom is -0.324 e. The first-order valence-corrected chi connectivity index (χ1v) is 3.97. The van der Waals surface area contributed by atoms with Gasteiger partial charge in [0, 0.05) is 11.6 Å². The summed E-state index contributed by atoms with van der Waals surface area (Å²) in [5, 5.41) is 0. The van der Waals surface area contributed by atoms with Crippen LogP contribution in [0, 0.1) is 0 Å². The Kier molecular flexibility index (Phi) is 4.67. The molecule has 0 aliphatic heterocycles. The Morgan fingerprint density at radius 3 is 2.08 bits per heavy atom. The normalized spacial score (nSPS) is 11.6. The lowest BCUT2D eigenvalue weighted by atomic mass is 10.1. The van der Waals surface area contributed by atoms with Crippen LogP contribution in [0.4, 0.5) is 0 Å². The standard InChI is InChI=1S/C10H13NO.ClH/c1-7(11)9-3-5-10(6-4-9)8(2)12;/h3-7H,11H2,1-2H3;1H/t7-;/m0./s1. The third kappa shape index (κ3) is 3.17. The Hall–Kier alpha value is -0.860. The average Bonchev–Trinajstić information content (AvgIpc) is 2.04. The van der Waals surface area contributed by atoms with Gasteiger partial charge in [-0.25, -0.2) is 0 Å². The van der Waals surface area contributed by atoms with Gasteiger partial charge < -0.3 is 5.73 Å². The van der Waals surface area contributed by atoms with Crippen LogP contribution in [0.25, 0.3) is 0 Å². The first-order valence-electron chi connectivity index (χ1n) is 3.97. The number of carbonyl (C=O) groups is 1. The molecule has 0 unspecified atom stereocenters. The number of nitrogens with two attached hydrogens (primary N) is 1. The van der Waals surface area contributed by atoms with Gasteiger partial charge in [-0.2, -0.15) is 0 Å². The lowest BCUT2D eigenvalue weighted by Gasteiger charge is -2.04. The molecule has 0 spiro atoms. The lowest BCUT2D eigenvalue weighted by Crippen LogP contribution is -2.05. The monoisotopic (exact) mass is 199 g/mol. The van der Waals surface area contributed by atoms with Gasteiger partial charge in [-0.3, -0.25) is 4.79 Å². The Labute approximate surface area is 84.5 Å². The van der Waals surface area contributed by atoms with E-state index in [2.05, 4.69) is 0 Å². The van der Waals surface area contributed by atoms with Gasteiger partial charge in [0.25, 0.3) is 0 Å². The van der Waals surface area contributed by atoms with Crippen molar-refractivity contribution in [2.45, 2.75) is 19.9 Å². The highest BCUT2D eigenvalue weighted by Crippen LogP contribution is 2.10. The zero-order valence-electron chi connectivity index (χ0n) is 7.78. The molecule has 0 bridgehead atoms. The number of rotatable bonds is 2. The second kappa shape index (κ2) is 5.00. The van der Waals surface area contributed by atoms with Crippen molar-refractivity contribution in [1.82, 2.24) is 0 Å². The number of Topliss-reactive ketones (excluding diaryl/α,β-unsaturated/α-hetero) is 1. The summed E-state index contributed by atoms with van der Waals surface area (Å²) >= 11 is 0. The van der Waals surface area contributed by atoms with E-state index >= 15 is 0 Å². The first-order chi connectivity index (χ1) is 5.61. The number of ketones is 1. The van der Waals surface area contributed by atoms with E-state index in [0.717, 1.165) is 11.1 Å². The summed E-state index contributed by atoms with van der Waals surface area (Å²) < 4.78 is 0. The molecule has 1 atom stereocenters. The van der Waals surface area contributed by atoms with Crippen LogP contribution < -0.4 is 5.73 Å². The maximum absolute atomic E-state index is 10.9. The third-order valence-corrected chi connectivity index (χ3v) is 1.84. The van der Waals surface area contributed by atoms with E-state index in [4.69, 9.17) is 5.73 Å². The highest BCUT2D eigenvalue weighted by Gasteiger charge is 2.00. The summed E-state index contributed by atoms with van der Waals surface area (Å²) in [6, 6.07) is 7.43. The van der Waals surface area contributed by atoms with Crippen LogP contribution in [0.5, 0.6) is 0 Å². The maximum Gasteiger partial charge on any atom is 0.159 e. The van der Waals surface area contributed by atoms with Crippen molar-refractivity contribution in [2.75, 3.05) is 0 Å². The van der Waals surface area contributed by atoms with E-state index in [1.165, 1.54) is 0 Å². The summed E-state index contributed by atoms with van der Waals surface area (Å²) in [6.45, 7) is 3.48. The molecule has 0 aliphatic carbocycles. The van der Waals surface area contributed by atoms with Crippen molar-refractivity contribution < 1.29 is 4.79 Å². The molecule has 0 radical (unpaired) electrons. The van der Waals surface area contributed by atoms with Gasteiger partial charge >= 0.3 is 0 Å². The molecule has 0 fully saturated rings. The summed E-state index contributed by atoms with van der Waals surface area (Å²) in [6.07, 6.45) is 0. The molecule has 0 saturated heterocycles. The molecule has 1 rings (SSSR count). The molecule has 0 aromatic heterocycles. The molecule has 1 aromatic carbocycles. The van der Waals surface area contributed by atoms with Gasteiger partial charge in [-0.1, -0.05) is 24.3 Å². The molecule has 0 saturated carbocycles. The molecule has 0 heterocycles. The van der Waals surface area contributed by atoms with Gasteiger partial charge in [-0.15, -0.1) is 12.4 Å². The fraction of sp³-hybridized carbons (Fsp3) is 0.300. The predicted octanol–water partition coefficient (Wildman–Crippen LogP) is 2.33. The van der Waals surface area contributed by atoms with Crippen molar-refractivity contribution in [1.29, 1.82) is 0 Å². The quantitative estimate of drug-likeness (QED) is 0.743. The summed E-state index contributed by atoms with van der Waals surface area (Å²) in [5.41, 5.74) is 7.45. The Bertz CT molecular complexity index is 279.